The summed E-state index contributed by atoms with van der Waals surface area (Å²) in [4.78, 5) is 7.15. The summed E-state index contributed by atoms with van der Waals surface area (Å²) in [5.74, 6) is 0. The second-order valence-corrected chi connectivity index (χ2v) is 7.87. The van der Waals surface area contributed by atoms with Crippen LogP contribution in [0.2, 0.25) is 0 Å². The highest BCUT2D eigenvalue weighted by Gasteiger charge is 2.24. The van der Waals surface area contributed by atoms with Crippen molar-refractivity contribution in [3.05, 3.63) is 103 Å². The molecule has 4 aromatic carbocycles. The molecule has 0 saturated heterocycles. The summed E-state index contributed by atoms with van der Waals surface area (Å²) in [6.07, 6.45) is 0. The molecule has 0 spiro atoms. The zero-order valence-electron chi connectivity index (χ0n) is 15.6. The number of para-hydroxylation sites is 3. The van der Waals surface area contributed by atoms with Gasteiger partial charge in [0.1, 0.15) is 0 Å². The Morgan fingerprint density at radius 3 is 1.86 bits per heavy atom. The van der Waals surface area contributed by atoms with E-state index in [1.165, 1.54) is 32.5 Å². The molecule has 0 unspecified atom stereocenters. The molecular weight excluding hydrogens is 360 g/mol. The van der Waals surface area contributed by atoms with Crippen LogP contribution >= 0.6 is 11.8 Å². The van der Waals surface area contributed by atoms with E-state index in [0.717, 1.165) is 5.69 Å². The van der Waals surface area contributed by atoms with Crippen LogP contribution in [0.4, 0.5) is 28.4 Å². The molecule has 0 aromatic heterocycles. The van der Waals surface area contributed by atoms with Gasteiger partial charge in [-0.25, -0.2) is 0 Å². The first kappa shape index (κ1) is 17.0. The molecule has 0 radical (unpaired) electrons. The van der Waals surface area contributed by atoms with Crippen LogP contribution in [0.25, 0.3) is 0 Å². The maximum absolute atomic E-state index is 2.36. The van der Waals surface area contributed by atoms with Crippen molar-refractivity contribution in [1.82, 2.24) is 0 Å². The molecule has 0 aliphatic carbocycles. The van der Waals surface area contributed by atoms with Crippen molar-refractivity contribution in [3.8, 4) is 0 Å². The Hall–Kier alpha value is -3.17. The topological polar surface area (TPSA) is 6.48 Å². The summed E-state index contributed by atoms with van der Waals surface area (Å²) in [5.41, 5.74) is 5.96. The summed E-state index contributed by atoms with van der Waals surface area (Å²) in [7, 11) is 2.11. The Labute approximate surface area is 170 Å². The summed E-state index contributed by atoms with van der Waals surface area (Å²) in [5, 5.41) is 0. The first-order valence-electron chi connectivity index (χ1n) is 9.36. The summed E-state index contributed by atoms with van der Waals surface area (Å²) < 4.78 is 0. The lowest BCUT2D eigenvalue weighted by atomic mass is 10.1. The van der Waals surface area contributed by atoms with Gasteiger partial charge < -0.3 is 9.80 Å². The molecule has 0 N–H and O–H groups in total. The largest absolute Gasteiger partial charge is 0.345 e. The van der Waals surface area contributed by atoms with Crippen LogP contribution in [-0.4, -0.2) is 7.05 Å². The second-order valence-electron chi connectivity index (χ2n) is 6.79. The fraction of sp³-hybridized carbons (Fsp3) is 0.0400. The van der Waals surface area contributed by atoms with Crippen molar-refractivity contribution in [2.24, 2.45) is 0 Å². The summed E-state index contributed by atoms with van der Waals surface area (Å²) in [6.45, 7) is 0. The van der Waals surface area contributed by atoms with Crippen LogP contribution in [-0.2, 0) is 0 Å². The molecule has 0 atom stereocenters. The highest BCUT2D eigenvalue weighted by atomic mass is 32.2. The average molecular weight is 381 g/mol. The predicted octanol–water partition coefficient (Wildman–Crippen LogP) is 7.39. The van der Waals surface area contributed by atoms with Gasteiger partial charge in [0.05, 0.1) is 11.4 Å². The predicted molar refractivity (Wildman–Crippen MR) is 120 cm³/mol. The number of hydrogen-bond acceptors (Lipinski definition) is 3. The van der Waals surface area contributed by atoms with E-state index in [9.17, 15) is 0 Å². The van der Waals surface area contributed by atoms with Crippen LogP contribution in [0, 0.1) is 0 Å². The molecule has 3 heteroatoms. The number of anilines is 5. The van der Waals surface area contributed by atoms with Gasteiger partial charge in [0.25, 0.3) is 0 Å². The molecule has 0 amide bonds. The van der Waals surface area contributed by atoms with E-state index in [2.05, 4.69) is 114 Å². The number of hydrogen-bond donors (Lipinski definition) is 0. The second kappa shape index (κ2) is 7.10. The number of benzene rings is 4. The molecule has 0 saturated carbocycles. The number of fused-ring (bicyclic) bond motifs is 2. The third-order valence-corrected chi connectivity index (χ3v) is 6.18. The molecule has 5 rings (SSSR count). The molecule has 4 aromatic rings. The Bertz CT molecular complexity index is 1080. The Morgan fingerprint density at radius 2 is 1.18 bits per heavy atom. The van der Waals surface area contributed by atoms with Gasteiger partial charge in [-0.2, -0.15) is 0 Å². The lowest BCUT2D eigenvalue weighted by molar-refractivity contribution is 1.15. The first-order chi connectivity index (χ1) is 13.8. The van der Waals surface area contributed by atoms with E-state index in [1.807, 2.05) is 17.8 Å². The van der Waals surface area contributed by atoms with E-state index in [0.29, 0.717) is 0 Å². The highest BCUT2D eigenvalue weighted by Crippen LogP contribution is 2.51. The van der Waals surface area contributed by atoms with Crippen LogP contribution in [0.1, 0.15) is 0 Å². The molecule has 0 fully saturated rings. The quantitative estimate of drug-likeness (QED) is 0.322. The van der Waals surface area contributed by atoms with E-state index in [-0.39, 0.29) is 0 Å². The number of nitrogens with zero attached hydrogens (tertiary/aromatic N) is 2. The molecule has 1 heterocycles. The van der Waals surface area contributed by atoms with Gasteiger partial charge >= 0.3 is 0 Å². The lowest BCUT2D eigenvalue weighted by Gasteiger charge is -2.33. The maximum Gasteiger partial charge on any atom is 0.0601 e. The molecule has 28 heavy (non-hydrogen) atoms. The minimum absolute atomic E-state index is 1.16. The summed E-state index contributed by atoms with van der Waals surface area (Å²) >= 11 is 1.84. The zero-order chi connectivity index (χ0) is 18.9. The van der Waals surface area contributed by atoms with Gasteiger partial charge in [0.2, 0.25) is 0 Å². The van der Waals surface area contributed by atoms with E-state index in [4.69, 9.17) is 0 Å². The SMILES string of the molecule is CN(c1ccccc1)c1cccc(N2c3ccccc3Sc3ccccc32)c1. The Kier molecular flexibility index (Phi) is 4.30. The molecule has 1 aliphatic rings. The number of rotatable bonds is 3. The fourth-order valence-corrected chi connectivity index (χ4v) is 4.68. The summed E-state index contributed by atoms with van der Waals surface area (Å²) in [6, 6.07) is 36.4. The third-order valence-electron chi connectivity index (χ3n) is 5.05. The monoisotopic (exact) mass is 380 g/mol. The van der Waals surface area contributed by atoms with E-state index >= 15 is 0 Å². The molecule has 1 aliphatic heterocycles. The van der Waals surface area contributed by atoms with Gasteiger partial charge in [0, 0.05) is 33.9 Å². The van der Waals surface area contributed by atoms with E-state index < -0.39 is 0 Å². The van der Waals surface area contributed by atoms with Crippen molar-refractivity contribution < 1.29 is 0 Å². The van der Waals surface area contributed by atoms with Crippen LogP contribution in [0.5, 0.6) is 0 Å². The first-order valence-corrected chi connectivity index (χ1v) is 10.2. The minimum Gasteiger partial charge on any atom is -0.345 e. The third kappa shape index (κ3) is 2.94. The van der Waals surface area contributed by atoms with Gasteiger partial charge in [-0.15, -0.1) is 0 Å². The zero-order valence-corrected chi connectivity index (χ0v) is 16.4. The standard InChI is InChI=1S/C25H20N2S/c1-26(19-10-3-2-4-11-19)20-12-9-13-21(18-20)27-22-14-5-7-16-24(22)28-25-17-8-6-15-23(25)27/h2-18H,1H3. The van der Waals surface area contributed by atoms with Crippen LogP contribution < -0.4 is 9.80 Å². The lowest BCUT2D eigenvalue weighted by Crippen LogP contribution is -2.15. The smallest absolute Gasteiger partial charge is 0.0601 e. The van der Waals surface area contributed by atoms with Crippen LogP contribution in [0.15, 0.2) is 113 Å². The Balaban J connectivity index is 1.62. The average Bonchev–Trinajstić information content (AvgIpc) is 2.77. The Morgan fingerprint density at radius 1 is 0.607 bits per heavy atom. The normalized spacial score (nSPS) is 12.2. The van der Waals surface area contributed by atoms with Gasteiger partial charge in [-0.3, -0.25) is 0 Å². The fourth-order valence-electron chi connectivity index (χ4n) is 3.62. The molecular formula is C25H20N2S. The highest BCUT2D eigenvalue weighted by molar-refractivity contribution is 7.99. The maximum atomic E-state index is 2.36. The van der Waals surface area contributed by atoms with Gasteiger partial charge in [-0.1, -0.05) is 60.3 Å². The molecule has 136 valence electrons. The van der Waals surface area contributed by atoms with Crippen molar-refractivity contribution in [2.75, 3.05) is 16.8 Å². The van der Waals surface area contributed by atoms with Gasteiger partial charge in [-0.05, 0) is 54.6 Å². The minimum atomic E-state index is 1.16. The van der Waals surface area contributed by atoms with Crippen molar-refractivity contribution in [3.63, 3.8) is 0 Å². The molecule has 2 nitrogen and oxygen atoms in total. The van der Waals surface area contributed by atoms with Gasteiger partial charge in [0.15, 0.2) is 0 Å². The van der Waals surface area contributed by atoms with Crippen molar-refractivity contribution in [2.45, 2.75) is 9.79 Å². The van der Waals surface area contributed by atoms with E-state index in [1.54, 1.807) is 0 Å². The van der Waals surface area contributed by atoms with Crippen molar-refractivity contribution in [1.29, 1.82) is 0 Å². The van der Waals surface area contributed by atoms with Crippen molar-refractivity contribution >= 4 is 40.2 Å². The molecule has 0 bridgehead atoms. The van der Waals surface area contributed by atoms with Crippen LogP contribution in [0.3, 0.4) is 0 Å².